The number of fused-ring (bicyclic) bond motifs is 1. The van der Waals surface area contributed by atoms with Gasteiger partial charge in [0.15, 0.2) is 0 Å². The lowest BCUT2D eigenvalue weighted by molar-refractivity contribution is 0.115. The van der Waals surface area contributed by atoms with E-state index in [2.05, 4.69) is 4.90 Å². The molecule has 2 aromatic rings. The number of aryl methyl sites for hydroxylation is 1. The number of benzene rings is 1. The number of aromatic nitrogens is 1. The van der Waals surface area contributed by atoms with Crippen molar-refractivity contribution in [3.63, 3.8) is 0 Å². The fourth-order valence-electron chi connectivity index (χ4n) is 2.97. The molecule has 1 saturated heterocycles. The van der Waals surface area contributed by atoms with Crippen LogP contribution >= 0.6 is 11.6 Å². The molecule has 0 aliphatic carbocycles. The van der Waals surface area contributed by atoms with Crippen molar-refractivity contribution in [2.75, 3.05) is 25.2 Å². The third kappa shape index (κ3) is 2.59. The van der Waals surface area contributed by atoms with Gasteiger partial charge in [0.2, 0.25) is 0 Å². The number of ether oxygens (including phenoxy) is 1. The summed E-state index contributed by atoms with van der Waals surface area (Å²) >= 11 is 6.23. The summed E-state index contributed by atoms with van der Waals surface area (Å²) in [7, 11) is 1.71. The first-order valence-corrected chi connectivity index (χ1v) is 7.48. The molecule has 2 atom stereocenters. The maximum absolute atomic E-state index is 9.58. The van der Waals surface area contributed by atoms with Crippen LogP contribution in [0, 0.1) is 6.92 Å². The second-order valence-electron chi connectivity index (χ2n) is 5.51. The number of aliphatic hydroxyl groups excluding tert-OH is 1. The lowest BCUT2D eigenvalue weighted by Crippen LogP contribution is -2.33. The van der Waals surface area contributed by atoms with Crippen LogP contribution in [-0.2, 0) is 4.74 Å². The van der Waals surface area contributed by atoms with Gasteiger partial charge in [0.05, 0.1) is 24.3 Å². The van der Waals surface area contributed by atoms with Gasteiger partial charge in [0, 0.05) is 24.1 Å². The molecule has 0 saturated carbocycles. The molecule has 0 radical (unpaired) electrons. The minimum absolute atomic E-state index is 0.0550. The Bertz CT molecular complexity index is 662. The van der Waals surface area contributed by atoms with E-state index < -0.39 is 0 Å². The molecule has 0 bridgehead atoms. The lowest BCUT2D eigenvalue weighted by atomic mass is 10.1. The second-order valence-corrected chi connectivity index (χ2v) is 5.92. The fraction of sp³-hybridized carbons (Fsp3) is 0.438. The van der Waals surface area contributed by atoms with Crippen molar-refractivity contribution in [1.29, 1.82) is 0 Å². The quantitative estimate of drug-likeness (QED) is 0.947. The van der Waals surface area contributed by atoms with E-state index in [1.807, 2.05) is 31.2 Å². The van der Waals surface area contributed by atoms with Crippen molar-refractivity contribution in [1.82, 2.24) is 4.98 Å². The van der Waals surface area contributed by atoms with E-state index in [0.29, 0.717) is 5.02 Å². The summed E-state index contributed by atoms with van der Waals surface area (Å²) in [5, 5.41) is 11.3. The van der Waals surface area contributed by atoms with E-state index in [0.717, 1.165) is 35.2 Å². The highest BCUT2D eigenvalue weighted by Crippen LogP contribution is 2.30. The van der Waals surface area contributed by atoms with Crippen LogP contribution in [0.4, 0.5) is 5.82 Å². The predicted molar refractivity (Wildman–Crippen MR) is 85.1 cm³/mol. The van der Waals surface area contributed by atoms with Crippen molar-refractivity contribution < 1.29 is 9.84 Å². The zero-order valence-corrected chi connectivity index (χ0v) is 13.0. The van der Waals surface area contributed by atoms with Crippen molar-refractivity contribution in [3.8, 4) is 0 Å². The van der Waals surface area contributed by atoms with Gasteiger partial charge in [-0.3, -0.25) is 0 Å². The third-order valence-corrected chi connectivity index (χ3v) is 4.54. The van der Waals surface area contributed by atoms with Crippen LogP contribution in [0.3, 0.4) is 0 Å². The van der Waals surface area contributed by atoms with Gasteiger partial charge in [-0.15, -0.1) is 0 Å². The van der Waals surface area contributed by atoms with E-state index in [-0.39, 0.29) is 18.8 Å². The number of nitrogens with zero attached hydrogens (tertiary/aromatic N) is 2. The van der Waals surface area contributed by atoms with Gasteiger partial charge < -0.3 is 14.7 Å². The summed E-state index contributed by atoms with van der Waals surface area (Å²) in [5.41, 5.74) is 2.01. The zero-order chi connectivity index (χ0) is 15.0. The van der Waals surface area contributed by atoms with Crippen LogP contribution in [-0.4, -0.2) is 42.5 Å². The maximum atomic E-state index is 9.58. The first-order chi connectivity index (χ1) is 10.1. The van der Waals surface area contributed by atoms with Crippen molar-refractivity contribution in [3.05, 3.63) is 34.9 Å². The molecule has 112 valence electrons. The third-order valence-electron chi connectivity index (χ3n) is 4.21. The molecule has 1 aromatic heterocycles. The second kappa shape index (κ2) is 5.79. The van der Waals surface area contributed by atoms with Crippen molar-refractivity contribution in [2.24, 2.45) is 0 Å². The Kier molecular flexibility index (Phi) is 4.02. The van der Waals surface area contributed by atoms with Crippen LogP contribution in [0.5, 0.6) is 0 Å². The van der Waals surface area contributed by atoms with Crippen LogP contribution in [0.15, 0.2) is 24.3 Å². The van der Waals surface area contributed by atoms with E-state index in [9.17, 15) is 5.11 Å². The number of pyridine rings is 1. The Morgan fingerprint density at radius 3 is 2.90 bits per heavy atom. The molecule has 1 aliphatic heterocycles. The van der Waals surface area contributed by atoms with Gasteiger partial charge in [-0.25, -0.2) is 4.98 Å². The molecule has 1 N–H and O–H groups in total. The highest BCUT2D eigenvalue weighted by atomic mass is 35.5. The fourth-order valence-corrected chi connectivity index (χ4v) is 3.18. The number of hydrogen-bond donors (Lipinski definition) is 1. The van der Waals surface area contributed by atoms with Gasteiger partial charge in [-0.2, -0.15) is 0 Å². The molecule has 21 heavy (non-hydrogen) atoms. The summed E-state index contributed by atoms with van der Waals surface area (Å²) in [4.78, 5) is 6.88. The average Bonchev–Trinajstić information content (AvgIpc) is 2.94. The summed E-state index contributed by atoms with van der Waals surface area (Å²) in [6.45, 7) is 2.88. The van der Waals surface area contributed by atoms with Gasteiger partial charge >= 0.3 is 0 Å². The Hall–Kier alpha value is -1.36. The molecule has 4 nitrogen and oxygen atoms in total. The van der Waals surface area contributed by atoms with Crippen molar-refractivity contribution >= 4 is 28.3 Å². The Balaban J connectivity index is 2.03. The summed E-state index contributed by atoms with van der Waals surface area (Å²) in [5.74, 6) is 0.867. The molecule has 1 aliphatic rings. The monoisotopic (exact) mass is 306 g/mol. The molecule has 0 amide bonds. The average molecular weight is 307 g/mol. The number of methoxy groups -OCH3 is 1. The number of rotatable bonds is 3. The molecular formula is C16H19ClN2O2. The summed E-state index contributed by atoms with van der Waals surface area (Å²) < 4.78 is 5.42. The topological polar surface area (TPSA) is 45.6 Å². The summed E-state index contributed by atoms with van der Waals surface area (Å²) in [6, 6.07) is 7.90. The molecule has 1 fully saturated rings. The summed E-state index contributed by atoms with van der Waals surface area (Å²) in [6.07, 6.45) is 0.960. The van der Waals surface area contributed by atoms with Gasteiger partial charge in [-0.05, 0) is 37.1 Å². The van der Waals surface area contributed by atoms with E-state index in [4.69, 9.17) is 21.3 Å². The lowest BCUT2D eigenvalue weighted by Gasteiger charge is -2.24. The minimum Gasteiger partial charge on any atom is -0.394 e. The highest BCUT2D eigenvalue weighted by Gasteiger charge is 2.32. The SMILES string of the molecule is CO[C@H]1C[C@@H](CO)N(c2ccc3c(Cl)ccc(C)c3n2)C1. The first kappa shape index (κ1) is 14.6. The normalized spacial score (nSPS) is 22.2. The number of halogens is 1. The molecule has 0 unspecified atom stereocenters. The molecule has 3 rings (SSSR count). The van der Waals surface area contributed by atoms with Gasteiger partial charge in [-0.1, -0.05) is 17.7 Å². The van der Waals surface area contributed by atoms with Crippen LogP contribution in [0.25, 0.3) is 10.9 Å². The van der Waals surface area contributed by atoms with E-state index in [1.165, 1.54) is 0 Å². The minimum atomic E-state index is 0.0550. The van der Waals surface area contributed by atoms with E-state index >= 15 is 0 Å². The Labute approximate surface area is 129 Å². The van der Waals surface area contributed by atoms with Crippen LogP contribution < -0.4 is 4.90 Å². The van der Waals surface area contributed by atoms with Gasteiger partial charge in [0.1, 0.15) is 5.82 Å². The molecule has 0 spiro atoms. The highest BCUT2D eigenvalue weighted by molar-refractivity contribution is 6.35. The number of anilines is 1. The maximum Gasteiger partial charge on any atom is 0.129 e. The van der Waals surface area contributed by atoms with Crippen LogP contribution in [0.2, 0.25) is 5.02 Å². The Morgan fingerprint density at radius 2 is 2.19 bits per heavy atom. The first-order valence-electron chi connectivity index (χ1n) is 7.10. The van der Waals surface area contributed by atoms with Crippen LogP contribution in [0.1, 0.15) is 12.0 Å². The molecule has 1 aromatic carbocycles. The smallest absolute Gasteiger partial charge is 0.129 e. The predicted octanol–water partition coefficient (Wildman–Crippen LogP) is 2.78. The number of hydrogen-bond acceptors (Lipinski definition) is 4. The standard InChI is InChI=1S/C16H19ClN2O2/c1-10-3-5-14(17)13-4-6-15(18-16(10)13)19-8-12(21-2)7-11(19)9-20/h3-6,11-12,20H,7-9H2,1-2H3/t11-,12-/m0/s1. The number of aliphatic hydroxyl groups is 1. The van der Waals surface area contributed by atoms with E-state index in [1.54, 1.807) is 7.11 Å². The largest absolute Gasteiger partial charge is 0.394 e. The van der Waals surface area contributed by atoms with Crippen molar-refractivity contribution in [2.45, 2.75) is 25.5 Å². The molecule has 2 heterocycles. The van der Waals surface area contributed by atoms with Gasteiger partial charge in [0.25, 0.3) is 0 Å². The Morgan fingerprint density at radius 1 is 1.38 bits per heavy atom. The molecular weight excluding hydrogens is 288 g/mol. The molecule has 5 heteroatoms. The zero-order valence-electron chi connectivity index (χ0n) is 12.2.